The molecule has 1 nitrogen and oxygen atoms in total. The number of hydrogen-bond donors (Lipinski definition) is 0. The van der Waals surface area contributed by atoms with E-state index in [0.717, 1.165) is 11.8 Å². The molecule has 1 unspecified atom stereocenters. The number of rotatable bonds is 2. The van der Waals surface area contributed by atoms with Gasteiger partial charge in [0.05, 0.1) is 0 Å². The Bertz CT molecular complexity index is 287. The van der Waals surface area contributed by atoms with Gasteiger partial charge >= 0.3 is 0 Å². The lowest BCUT2D eigenvalue weighted by atomic mass is 9.75. The van der Waals surface area contributed by atoms with Crippen LogP contribution in [0.1, 0.15) is 40.0 Å². The molecule has 2 aliphatic rings. The third-order valence-electron chi connectivity index (χ3n) is 4.37. The lowest BCUT2D eigenvalue weighted by Gasteiger charge is -2.39. The lowest BCUT2D eigenvalue weighted by Crippen LogP contribution is -2.40. The average Bonchev–Trinajstić information content (AvgIpc) is 2.30. The van der Waals surface area contributed by atoms with Gasteiger partial charge in [-0.1, -0.05) is 45.1 Å². The van der Waals surface area contributed by atoms with Crippen molar-refractivity contribution in [2.24, 2.45) is 17.3 Å². The molecule has 0 aromatic carbocycles. The molecule has 0 radical (unpaired) electrons. The number of allylic oxidation sites excluding steroid dienone is 3. The first-order valence-corrected chi connectivity index (χ1v) is 7.11. The van der Waals surface area contributed by atoms with Crippen LogP contribution < -0.4 is 0 Å². The Balaban J connectivity index is 1.76. The van der Waals surface area contributed by atoms with E-state index in [1.807, 2.05) is 0 Å². The molecule has 0 aromatic rings. The maximum atomic E-state index is 2.66. The van der Waals surface area contributed by atoms with Gasteiger partial charge in [-0.2, -0.15) is 0 Å². The molecule has 1 aliphatic carbocycles. The van der Waals surface area contributed by atoms with Crippen LogP contribution in [0.5, 0.6) is 0 Å². The fourth-order valence-electron chi connectivity index (χ4n) is 3.08. The summed E-state index contributed by atoms with van der Waals surface area (Å²) in [6, 6.07) is 0. The van der Waals surface area contributed by atoms with Crippen LogP contribution in [0.4, 0.5) is 0 Å². The molecular formula is C16H27N. The van der Waals surface area contributed by atoms with Crippen LogP contribution in [0.3, 0.4) is 0 Å². The second kappa shape index (κ2) is 5.39. The Morgan fingerprint density at radius 1 is 1.12 bits per heavy atom. The zero-order chi connectivity index (χ0) is 12.3. The summed E-state index contributed by atoms with van der Waals surface area (Å²) in [6.45, 7) is 11.0. The lowest BCUT2D eigenvalue weighted by molar-refractivity contribution is 0.105. The highest BCUT2D eigenvalue weighted by Gasteiger charge is 2.29. The minimum absolute atomic E-state index is 0.500. The fourth-order valence-corrected chi connectivity index (χ4v) is 3.08. The molecule has 0 amide bonds. The first-order valence-electron chi connectivity index (χ1n) is 7.11. The van der Waals surface area contributed by atoms with E-state index in [0.29, 0.717) is 5.41 Å². The van der Waals surface area contributed by atoms with Gasteiger partial charge in [-0.15, -0.1) is 0 Å². The summed E-state index contributed by atoms with van der Waals surface area (Å²) in [7, 11) is 0. The van der Waals surface area contributed by atoms with Crippen molar-refractivity contribution in [1.29, 1.82) is 0 Å². The second-order valence-corrected chi connectivity index (χ2v) is 6.75. The van der Waals surface area contributed by atoms with Gasteiger partial charge in [-0.05, 0) is 49.6 Å². The maximum Gasteiger partial charge on any atom is 0.00474 e. The average molecular weight is 233 g/mol. The van der Waals surface area contributed by atoms with Crippen LogP contribution in [0.15, 0.2) is 24.3 Å². The Kier molecular flexibility index (Phi) is 4.09. The van der Waals surface area contributed by atoms with Crippen molar-refractivity contribution in [3.8, 4) is 0 Å². The van der Waals surface area contributed by atoms with Crippen molar-refractivity contribution in [3.63, 3.8) is 0 Å². The van der Waals surface area contributed by atoms with E-state index in [4.69, 9.17) is 0 Å². The van der Waals surface area contributed by atoms with E-state index >= 15 is 0 Å². The van der Waals surface area contributed by atoms with Crippen molar-refractivity contribution in [2.45, 2.75) is 40.0 Å². The quantitative estimate of drug-likeness (QED) is 0.699. The maximum absolute atomic E-state index is 2.66. The van der Waals surface area contributed by atoms with Crippen LogP contribution in [0, 0.1) is 17.3 Å². The molecule has 0 aromatic heterocycles. The number of hydrogen-bond acceptors (Lipinski definition) is 1. The first-order chi connectivity index (χ1) is 8.05. The fraction of sp³-hybridized carbons (Fsp3) is 0.750. The van der Waals surface area contributed by atoms with E-state index < -0.39 is 0 Å². The van der Waals surface area contributed by atoms with Gasteiger partial charge in [0.1, 0.15) is 0 Å². The minimum Gasteiger partial charge on any atom is -0.303 e. The zero-order valence-electron chi connectivity index (χ0n) is 11.7. The summed E-state index contributed by atoms with van der Waals surface area (Å²) in [4.78, 5) is 2.66. The van der Waals surface area contributed by atoms with Gasteiger partial charge in [0.2, 0.25) is 0 Å². The monoisotopic (exact) mass is 233 g/mol. The Hall–Kier alpha value is -0.560. The SMILES string of the molecule is CC(C)(C)C1CCN(CC2C=CC=CC2)CC1. The first kappa shape index (κ1) is 12.9. The van der Waals surface area contributed by atoms with Crippen LogP contribution in [0.25, 0.3) is 0 Å². The Morgan fingerprint density at radius 2 is 1.82 bits per heavy atom. The standard InChI is InChI=1S/C16H27N/c1-16(2,3)15-9-11-17(12-10-15)13-14-7-5-4-6-8-14/h4-7,14-15H,8-13H2,1-3H3. The van der Waals surface area contributed by atoms with Crippen LogP contribution in [-0.2, 0) is 0 Å². The highest BCUT2D eigenvalue weighted by molar-refractivity contribution is 5.11. The van der Waals surface area contributed by atoms with E-state index in [1.54, 1.807) is 0 Å². The molecule has 0 N–H and O–H groups in total. The number of nitrogens with zero attached hydrogens (tertiary/aromatic N) is 1. The summed E-state index contributed by atoms with van der Waals surface area (Å²) in [6.07, 6.45) is 13.0. The van der Waals surface area contributed by atoms with Gasteiger partial charge in [-0.3, -0.25) is 0 Å². The largest absolute Gasteiger partial charge is 0.303 e. The molecule has 17 heavy (non-hydrogen) atoms. The molecule has 1 atom stereocenters. The van der Waals surface area contributed by atoms with Gasteiger partial charge in [-0.25, -0.2) is 0 Å². The summed E-state index contributed by atoms with van der Waals surface area (Å²) >= 11 is 0. The molecule has 1 saturated heterocycles. The third-order valence-corrected chi connectivity index (χ3v) is 4.37. The second-order valence-electron chi connectivity index (χ2n) is 6.75. The van der Waals surface area contributed by atoms with Crippen LogP contribution in [0.2, 0.25) is 0 Å². The summed E-state index contributed by atoms with van der Waals surface area (Å²) in [5.41, 5.74) is 0.500. The molecule has 2 rings (SSSR count). The number of likely N-dealkylation sites (tertiary alicyclic amines) is 1. The van der Waals surface area contributed by atoms with E-state index in [9.17, 15) is 0 Å². The van der Waals surface area contributed by atoms with Gasteiger partial charge in [0.25, 0.3) is 0 Å². The molecule has 1 fully saturated rings. The topological polar surface area (TPSA) is 3.24 Å². The Morgan fingerprint density at radius 3 is 2.35 bits per heavy atom. The molecule has 1 heteroatoms. The Labute approximate surface area is 107 Å². The summed E-state index contributed by atoms with van der Waals surface area (Å²) in [5, 5.41) is 0. The molecule has 1 heterocycles. The third kappa shape index (κ3) is 3.70. The predicted octanol–water partition coefficient (Wildman–Crippen LogP) is 3.88. The molecule has 96 valence electrons. The molecule has 1 aliphatic heterocycles. The van der Waals surface area contributed by atoms with E-state index in [-0.39, 0.29) is 0 Å². The van der Waals surface area contributed by atoms with Crippen molar-refractivity contribution >= 4 is 0 Å². The van der Waals surface area contributed by atoms with Crippen molar-refractivity contribution in [3.05, 3.63) is 24.3 Å². The van der Waals surface area contributed by atoms with E-state index in [2.05, 4.69) is 50.0 Å². The summed E-state index contributed by atoms with van der Waals surface area (Å²) < 4.78 is 0. The van der Waals surface area contributed by atoms with Crippen LogP contribution >= 0.6 is 0 Å². The molecule has 0 spiro atoms. The predicted molar refractivity (Wildman–Crippen MR) is 75.0 cm³/mol. The molecule has 0 saturated carbocycles. The van der Waals surface area contributed by atoms with Gasteiger partial charge in [0, 0.05) is 6.54 Å². The minimum atomic E-state index is 0.500. The van der Waals surface area contributed by atoms with E-state index in [1.165, 1.54) is 38.9 Å². The molecule has 0 bridgehead atoms. The van der Waals surface area contributed by atoms with Crippen LogP contribution in [-0.4, -0.2) is 24.5 Å². The molecular weight excluding hydrogens is 206 g/mol. The van der Waals surface area contributed by atoms with Crippen molar-refractivity contribution < 1.29 is 0 Å². The number of piperidine rings is 1. The highest BCUT2D eigenvalue weighted by atomic mass is 15.1. The van der Waals surface area contributed by atoms with Gasteiger partial charge in [0.15, 0.2) is 0 Å². The normalized spacial score (nSPS) is 27.6. The zero-order valence-corrected chi connectivity index (χ0v) is 11.7. The van der Waals surface area contributed by atoms with Crippen molar-refractivity contribution in [1.82, 2.24) is 4.90 Å². The van der Waals surface area contributed by atoms with Crippen molar-refractivity contribution in [2.75, 3.05) is 19.6 Å². The highest BCUT2D eigenvalue weighted by Crippen LogP contribution is 2.34. The van der Waals surface area contributed by atoms with Gasteiger partial charge < -0.3 is 4.90 Å². The smallest absolute Gasteiger partial charge is 0.00474 e. The summed E-state index contributed by atoms with van der Waals surface area (Å²) in [5.74, 6) is 1.67.